The summed E-state index contributed by atoms with van der Waals surface area (Å²) in [6.07, 6.45) is 1.27. The van der Waals surface area contributed by atoms with Crippen LogP contribution in [0.25, 0.3) is 0 Å². The van der Waals surface area contributed by atoms with Gasteiger partial charge in [0.2, 0.25) is 0 Å². The predicted octanol–water partition coefficient (Wildman–Crippen LogP) is 0.450. The van der Waals surface area contributed by atoms with Gasteiger partial charge in [0.1, 0.15) is 11.7 Å². The van der Waals surface area contributed by atoms with Crippen LogP contribution in [0.1, 0.15) is 39.5 Å². The summed E-state index contributed by atoms with van der Waals surface area (Å²) in [7, 11) is 0. The van der Waals surface area contributed by atoms with Gasteiger partial charge in [0.05, 0.1) is 12.2 Å². The molecule has 0 aromatic carbocycles. The van der Waals surface area contributed by atoms with Crippen LogP contribution in [-0.4, -0.2) is 68.7 Å². The van der Waals surface area contributed by atoms with Crippen molar-refractivity contribution >= 4 is 5.97 Å². The highest BCUT2D eigenvalue weighted by Gasteiger charge is 2.94. The summed E-state index contributed by atoms with van der Waals surface area (Å²) in [6, 6.07) is 0.245. The second-order valence-corrected chi connectivity index (χ2v) is 11.5. The van der Waals surface area contributed by atoms with Crippen molar-refractivity contribution in [1.29, 1.82) is 0 Å². The molecule has 6 aliphatic carbocycles. The Labute approximate surface area is 164 Å². The van der Waals surface area contributed by atoms with Gasteiger partial charge in [-0.1, -0.05) is 19.1 Å². The van der Waals surface area contributed by atoms with Gasteiger partial charge in [-0.15, -0.1) is 0 Å². The van der Waals surface area contributed by atoms with Crippen molar-refractivity contribution in [2.24, 2.45) is 34.0 Å². The molecule has 0 radical (unpaired) electrons. The molecule has 6 saturated carbocycles. The Bertz CT molecular complexity index is 860. The first-order valence-corrected chi connectivity index (χ1v) is 10.8. The highest BCUT2D eigenvalue weighted by molar-refractivity contribution is 5.66. The third-order valence-corrected chi connectivity index (χ3v) is 10.6. The number of hydrogen-bond acceptors (Lipinski definition) is 6. The van der Waals surface area contributed by atoms with Crippen LogP contribution < -0.4 is 0 Å². The number of carbonyl (C=O) groups is 1. The summed E-state index contributed by atoms with van der Waals surface area (Å²) in [5, 5.41) is 35.1. The number of piperidine rings is 2. The summed E-state index contributed by atoms with van der Waals surface area (Å²) in [5.41, 5.74) is -1.07. The number of hydrogen-bond donors (Lipinski definition) is 3. The van der Waals surface area contributed by atoms with E-state index in [0.717, 1.165) is 25.0 Å². The van der Waals surface area contributed by atoms with E-state index in [0.29, 0.717) is 24.8 Å². The molecule has 152 valence electrons. The maximum absolute atomic E-state index is 12.2. The van der Waals surface area contributed by atoms with E-state index < -0.39 is 29.1 Å². The molecule has 0 aromatic rings. The largest absolute Gasteiger partial charge is 0.463 e. The lowest BCUT2D eigenvalue weighted by Crippen LogP contribution is -2.76. The molecule has 9 aliphatic rings. The molecule has 6 nitrogen and oxygen atoms in total. The summed E-state index contributed by atoms with van der Waals surface area (Å²) in [4.78, 5) is 14.3. The quantitative estimate of drug-likeness (QED) is 0.447. The van der Waals surface area contributed by atoms with Crippen LogP contribution in [-0.2, 0) is 9.53 Å². The molecule has 2 spiro atoms. The zero-order chi connectivity index (χ0) is 19.6. The van der Waals surface area contributed by atoms with Crippen LogP contribution in [0.15, 0.2) is 12.2 Å². The first kappa shape index (κ1) is 16.8. The minimum absolute atomic E-state index is 0.0237. The normalized spacial score (nSPS) is 69.3. The highest BCUT2D eigenvalue weighted by atomic mass is 16.5. The Balaban J connectivity index is 1.49. The van der Waals surface area contributed by atoms with Crippen LogP contribution in [0.2, 0.25) is 0 Å². The van der Waals surface area contributed by atoms with E-state index in [2.05, 4.69) is 18.4 Å². The number of carbonyl (C=O) groups excluding carboxylic acids is 1. The fourth-order valence-electron chi connectivity index (χ4n) is 11.0. The molecule has 3 heterocycles. The van der Waals surface area contributed by atoms with Crippen molar-refractivity contribution in [3.63, 3.8) is 0 Å². The van der Waals surface area contributed by atoms with Gasteiger partial charge in [-0.05, 0) is 37.0 Å². The number of ether oxygens (including phenoxy) is 1. The van der Waals surface area contributed by atoms with Crippen LogP contribution in [0.5, 0.6) is 0 Å². The van der Waals surface area contributed by atoms with E-state index in [-0.39, 0.29) is 34.9 Å². The van der Waals surface area contributed by atoms with E-state index in [1.165, 1.54) is 6.92 Å². The molecule has 9 rings (SSSR count). The molecular weight excluding hydrogens is 358 g/mol. The topological polar surface area (TPSA) is 90.2 Å². The van der Waals surface area contributed by atoms with Crippen molar-refractivity contribution in [3.05, 3.63) is 12.2 Å². The molecule has 28 heavy (non-hydrogen) atoms. The van der Waals surface area contributed by atoms with Gasteiger partial charge in [-0.2, -0.15) is 0 Å². The summed E-state index contributed by atoms with van der Waals surface area (Å²) >= 11 is 0. The number of rotatable bonds is 1. The van der Waals surface area contributed by atoms with Gasteiger partial charge < -0.3 is 20.1 Å². The van der Waals surface area contributed by atoms with Gasteiger partial charge in [-0.3, -0.25) is 9.69 Å². The summed E-state index contributed by atoms with van der Waals surface area (Å²) in [5.74, 6) is -0.379. The molecule has 3 saturated heterocycles. The van der Waals surface area contributed by atoms with Crippen molar-refractivity contribution in [2.45, 2.75) is 75.5 Å². The molecule has 0 amide bonds. The van der Waals surface area contributed by atoms with Crippen LogP contribution in [0.3, 0.4) is 0 Å². The fraction of sp³-hybridized carbons (Fsp3) is 0.864. The van der Waals surface area contributed by atoms with E-state index in [4.69, 9.17) is 4.74 Å². The number of nitrogens with zero attached hydrogens (tertiary/aromatic N) is 1. The third kappa shape index (κ3) is 1.26. The molecule has 0 aromatic heterocycles. The van der Waals surface area contributed by atoms with E-state index in [1.807, 2.05) is 0 Å². The van der Waals surface area contributed by atoms with E-state index in [1.54, 1.807) is 0 Å². The van der Waals surface area contributed by atoms with E-state index >= 15 is 0 Å². The zero-order valence-electron chi connectivity index (χ0n) is 16.5. The Hall–Kier alpha value is -0.950. The molecule has 9 fully saturated rings. The van der Waals surface area contributed by atoms with Gasteiger partial charge in [0.25, 0.3) is 0 Å². The molecule has 6 heteroatoms. The summed E-state index contributed by atoms with van der Waals surface area (Å²) < 4.78 is 5.75. The maximum atomic E-state index is 12.2. The highest BCUT2D eigenvalue weighted by Crippen LogP contribution is 2.88. The monoisotopic (exact) mass is 387 g/mol. The zero-order valence-corrected chi connectivity index (χ0v) is 16.5. The lowest BCUT2D eigenvalue weighted by Gasteiger charge is -2.67. The third-order valence-electron chi connectivity index (χ3n) is 10.6. The predicted molar refractivity (Wildman–Crippen MR) is 97.9 cm³/mol. The van der Waals surface area contributed by atoms with E-state index in [9.17, 15) is 20.1 Å². The second-order valence-electron chi connectivity index (χ2n) is 11.5. The van der Waals surface area contributed by atoms with Crippen LogP contribution in [0.4, 0.5) is 0 Å². The Morgan fingerprint density at radius 1 is 1.25 bits per heavy atom. The average Bonchev–Trinajstić information content (AvgIpc) is 2.97. The molecule has 1 unspecified atom stereocenters. The minimum Gasteiger partial charge on any atom is -0.463 e. The number of esters is 1. The number of fused-ring (bicyclic) bond motifs is 1. The smallest absolute Gasteiger partial charge is 0.302 e. The SMILES string of the molecule is C=C1C[C@@]23C[C@H]4[C@H]5[C@]6(C)C[C@H](OC(C)=O)C[C@@]57[C@H]2[C@@H](O)[C@H]1[C@@H](O)[C@@]3(O)[C@H]7N4C6. The Morgan fingerprint density at radius 3 is 2.71 bits per heavy atom. The molecule has 9 bridgehead atoms. The van der Waals surface area contributed by atoms with Crippen molar-refractivity contribution in [3.8, 4) is 0 Å². The molecule has 3 aliphatic heterocycles. The molecular formula is C22H29NO5. The van der Waals surface area contributed by atoms with Gasteiger partial charge in [-0.25, -0.2) is 0 Å². The van der Waals surface area contributed by atoms with Crippen molar-refractivity contribution in [1.82, 2.24) is 4.90 Å². The first-order valence-electron chi connectivity index (χ1n) is 10.8. The lowest BCUT2D eigenvalue weighted by molar-refractivity contribution is -0.280. The minimum atomic E-state index is -1.20. The summed E-state index contributed by atoms with van der Waals surface area (Å²) in [6.45, 7) is 8.85. The molecule has 13 atom stereocenters. The van der Waals surface area contributed by atoms with Crippen molar-refractivity contribution in [2.75, 3.05) is 6.54 Å². The fourth-order valence-corrected chi connectivity index (χ4v) is 11.0. The van der Waals surface area contributed by atoms with Gasteiger partial charge in [0, 0.05) is 48.2 Å². The first-order chi connectivity index (χ1) is 13.1. The second kappa shape index (κ2) is 4.25. The number of aliphatic hydroxyl groups excluding tert-OH is 2. The Kier molecular flexibility index (Phi) is 2.55. The average molecular weight is 387 g/mol. The van der Waals surface area contributed by atoms with Crippen LogP contribution >= 0.6 is 0 Å². The lowest BCUT2D eigenvalue weighted by atomic mass is 9.39. The maximum Gasteiger partial charge on any atom is 0.302 e. The Morgan fingerprint density at radius 2 is 2.00 bits per heavy atom. The number of aliphatic hydroxyl groups is 3. The standard InChI is InChI=1S/C22H29NO5/c1-9-4-20-7-12-15-19(3)5-11(28-10(2)24)6-21(15)16(20)14(25)13(9)17(26)22(20,27)18(21)23(12)8-19/h11-18,25-27H,1,4-8H2,2-3H3/t11-,12-,13-,14-,15-,16-,17+,18-,19+,20+,21-,22+/m0/s1. The van der Waals surface area contributed by atoms with Crippen LogP contribution in [0, 0.1) is 34.0 Å². The van der Waals surface area contributed by atoms with Gasteiger partial charge in [0.15, 0.2) is 0 Å². The molecule has 3 N–H and O–H groups in total. The van der Waals surface area contributed by atoms with Gasteiger partial charge >= 0.3 is 5.97 Å². The van der Waals surface area contributed by atoms with Crippen molar-refractivity contribution < 1.29 is 24.9 Å².